The van der Waals surface area contributed by atoms with E-state index in [1.54, 1.807) is 51.3 Å². The van der Waals surface area contributed by atoms with E-state index in [-0.39, 0.29) is 31.3 Å². The van der Waals surface area contributed by atoms with Crippen LogP contribution in [0.4, 0.5) is 4.79 Å². The molecular formula is C58H85N11O10. The van der Waals surface area contributed by atoms with Crippen molar-refractivity contribution in [2.75, 3.05) is 60.0 Å². The Morgan fingerprint density at radius 2 is 1.61 bits per heavy atom. The average molecular weight is 1100 g/mol. The maximum absolute atomic E-state index is 15.0. The number of fused-ring (bicyclic) bond motifs is 1. The Labute approximate surface area is 465 Å². The summed E-state index contributed by atoms with van der Waals surface area (Å²) in [5, 5.41) is 21.1. The summed E-state index contributed by atoms with van der Waals surface area (Å²) in [6.45, 7) is 22.1. The van der Waals surface area contributed by atoms with Gasteiger partial charge in [0, 0.05) is 139 Å². The second-order valence-electron chi connectivity index (χ2n) is 23.0. The van der Waals surface area contributed by atoms with Crippen molar-refractivity contribution in [2.24, 2.45) is 23.7 Å². The van der Waals surface area contributed by atoms with Gasteiger partial charge in [-0.25, -0.2) is 9.78 Å². The molecule has 21 nitrogen and oxygen atoms in total. The molecule has 0 radical (unpaired) electrons. The summed E-state index contributed by atoms with van der Waals surface area (Å²) in [5.41, 5.74) is 1.08. The number of ketones is 2. The van der Waals surface area contributed by atoms with Gasteiger partial charge in [0.05, 0.1) is 48.1 Å². The molecule has 4 aliphatic heterocycles. The van der Waals surface area contributed by atoms with E-state index in [1.807, 2.05) is 74.0 Å². The van der Waals surface area contributed by atoms with Crippen LogP contribution < -0.4 is 0 Å². The first-order valence-electron chi connectivity index (χ1n) is 28.5. The predicted octanol–water partition coefficient (Wildman–Crippen LogP) is 5.35. The zero-order valence-electron chi connectivity index (χ0n) is 48.1. The van der Waals surface area contributed by atoms with Gasteiger partial charge in [-0.2, -0.15) is 0 Å². The highest BCUT2D eigenvalue weighted by Crippen LogP contribution is 2.43. The number of imidazole rings is 1. The lowest BCUT2D eigenvalue weighted by molar-refractivity contribution is -0.296. The van der Waals surface area contributed by atoms with Gasteiger partial charge in [0.2, 0.25) is 0 Å². The molecule has 4 aliphatic rings. The zero-order chi connectivity index (χ0) is 56.6. The molecule has 4 aromatic heterocycles. The number of piperazine rings is 1. The Bertz CT molecular complexity index is 2630. The lowest BCUT2D eigenvalue weighted by Gasteiger charge is -2.47. The molecule has 4 fully saturated rings. The molecular weight excluding hydrogens is 1010 g/mol. The van der Waals surface area contributed by atoms with Gasteiger partial charge in [-0.3, -0.25) is 38.8 Å². The van der Waals surface area contributed by atoms with E-state index in [2.05, 4.69) is 52.1 Å². The first kappa shape index (κ1) is 59.6. The number of carbonyl (C=O) groups is 4. The highest BCUT2D eigenvalue weighted by atomic mass is 16.7. The largest absolute Gasteiger partial charge is 0.458 e. The monoisotopic (exact) mass is 1100 g/mol. The maximum Gasteiger partial charge on any atom is 0.410 e. The van der Waals surface area contributed by atoms with E-state index in [4.69, 9.17) is 23.7 Å². The normalized spacial score (nSPS) is 31.7. The number of aryl methyl sites for hydroxylation is 1. The number of amides is 1. The second-order valence-corrected chi connectivity index (χ2v) is 23.0. The number of ether oxygens (including phenoxy) is 5. The fourth-order valence-corrected chi connectivity index (χ4v) is 12.5. The van der Waals surface area contributed by atoms with Crippen LogP contribution in [0.15, 0.2) is 67.8 Å². The second kappa shape index (κ2) is 26.4. The molecule has 0 bridgehead atoms. The molecule has 0 saturated carbocycles. The van der Waals surface area contributed by atoms with Crippen LogP contribution in [0.3, 0.4) is 0 Å². The number of aromatic nitrogens is 7. The minimum atomic E-state index is -1.43. The molecule has 1 amide bonds. The molecule has 21 heteroatoms. The van der Waals surface area contributed by atoms with Crippen LogP contribution in [0.1, 0.15) is 98.8 Å². The van der Waals surface area contributed by atoms with Gasteiger partial charge in [-0.05, 0) is 96.7 Å². The molecule has 1 N–H and O–H groups in total. The van der Waals surface area contributed by atoms with E-state index in [0.717, 1.165) is 62.8 Å². The van der Waals surface area contributed by atoms with Gasteiger partial charge in [-0.1, -0.05) is 32.9 Å². The number of likely N-dealkylation sites (N-methyl/N-ethyl adjacent to an activating group) is 1. The lowest BCUT2D eigenvalue weighted by Crippen LogP contribution is -2.60. The summed E-state index contributed by atoms with van der Waals surface area (Å²) in [6.07, 6.45) is 10.2. The van der Waals surface area contributed by atoms with Crippen molar-refractivity contribution in [3.63, 3.8) is 0 Å². The SMILES string of the molecule is CC[C@H]1OC(=O)[C@H](C)C(=O)[C@H](C)[C@@H](O[C@@H]2O[C@H](C)C[C@H](N(C)CCc3cn(CCN4CCN(Cc5ccncc5)CC4)nn3)[C@H]2O)[C@](C)(OC)C[C@@H](C)C(=O)[C@H](C)[C@H]2N(CCCCn3cnc(-c4cccnc4)c3)C(=O)O[C@]12C. The van der Waals surface area contributed by atoms with E-state index < -0.39 is 89.4 Å². The highest BCUT2D eigenvalue weighted by molar-refractivity contribution is 6.00. The lowest BCUT2D eigenvalue weighted by atomic mass is 9.73. The number of esters is 1. The van der Waals surface area contributed by atoms with Crippen molar-refractivity contribution in [3.05, 3.63) is 79.0 Å². The Morgan fingerprint density at radius 1 is 0.873 bits per heavy atom. The van der Waals surface area contributed by atoms with Crippen LogP contribution in [-0.4, -0.2) is 197 Å². The fraction of sp³-hybridized carbons (Fsp3) is 0.672. The van der Waals surface area contributed by atoms with Crippen LogP contribution >= 0.6 is 0 Å². The number of hydrogen-bond donors (Lipinski definition) is 1. The van der Waals surface area contributed by atoms with Gasteiger partial charge in [0.1, 0.15) is 23.9 Å². The van der Waals surface area contributed by atoms with Crippen molar-refractivity contribution in [1.82, 2.24) is 54.1 Å². The smallest absolute Gasteiger partial charge is 0.410 e. The van der Waals surface area contributed by atoms with Gasteiger partial charge in [0.15, 0.2) is 17.7 Å². The quantitative estimate of drug-likeness (QED) is 0.0711. The number of cyclic esters (lactones) is 1. The zero-order valence-corrected chi connectivity index (χ0v) is 48.1. The van der Waals surface area contributed by atoms with Crippen LogP contribution in [-0.2, 0) is 64.1 Å². The molecule has 0 spiro atoms. The minimum absolute atomic E-state index is 0.0984. The first-order valence-corrected chi connectivity index (χ1v) is 28.5. The van der Waals surface area contributed by atoms with E-state index in [9.17, 15) is 19.5 Å². The molecule has 4 aromatic rings. The molecule has 13 atom stereocenters. The Balaban J connectivity index is 0.923. The third-order valence-corrected chi connectivity index (χ3v) is 17.3. The molecule has 4 saturated heterocycles. The number of Topliss-reactive ketones (excluding diaryl/α,β-unsaturated/α-hetero) is 2. The van der Waals surface area contributed by atoms with Crippen LogP contribution in [0.2, 0.25) is 0 Å². The van der Waals surface area contributed by atoms with E-state index >= 15 is 4.79 Å². The van der Waals surface area contributed by atoms with Crippen molar-refractivity contribution >= 4 is 23.6 Å². The molecule has 0 aliphatic carbocycles. The number of aliphatic hydroxyl groups is 1. The van der Waals surface area contributed by atoms with Crippen molar-refractivity contribution in [2.45, 2.75) is 168 Å². The van der Waals surface area contributed by atoms with E-state index in [1.165, 1.54) is 19.6 Å². The maximum atomic E-state index is 15.0. The number of aliphatic hydroxyl groups excluding tert-OH is 1. The number of nitrogens with zero attached hydrogens (tertiary/aromatic N) is 11. The van der Waals surface area contributed by atoms with Crippen LogP contribution in [0.5, 0.6) is 0 Å². The Morgan fingerprint density at radius 3 is 2.32 bits per heavy atom. The van der Waals surface area contributed by atoms with Crippen molar-refractivity contribution in [3.8, 4) is 11.3 Å². The standard InChI is InChI=1S/C58H85N11O10/c1-11-48-58(8)52(69(56(74)79-58)23-13-12-22-67-36-46(61-37-67)44-15-14-19-60-33-44)40(4)49(70)38(2)32-57(7,75-10)53(41(5)50(71)42(6)54(73)77-48)78-55-51(72)47(31-39(3)76-55)64(9)24-18-45-35-68(63-62-45)30-29-65-25-27-66(28-26-65)34-43-16-20-59-21-17-43/h14-17,19-21,33,35-42,47-48,51-53,55,72H,11-13,18,22-32,34H2,1-10H3/t38-,39-,40+,41+,42-,47+,48-,51-,52-,53-,55+,57-,58-/m1/s1. The van der Waals surface area contributed by atoms with E-state index in [0.29, 0.717) is 38.8 Å². The van der Waals surface area contributed by atoms with Crippen molar-refractivity contribution in [1.29, 1.82) is 0 Å². The van der Waals surface area contributed by atoms with Crippen LogP contribution in [0.25, 0.3) is 11.3 Å². The number of carbonyl (C=O) groups excluding carboxylic acids is 4. The molecule has 432 valence electrons. The van der Waals surface area contributed by atoms with Gasteiger partial charge >= 0.3 is 12.1 Å². The summed E-state index contributed by atoms with van der Waals surface area (Å²) in [4.78, 5) is 79.5. The van der Waals surface area contributed by atoms with Gasteiger partial charge in [0.25, 0.3) is 0 Å². The summed E-state index contributed by atoms with van der Waals surface area (Å²) in [5.74, 6) is -5.16. The fourth-order valence-electron chi connectivity index (χ4n) is 12.5. The summed E-state index contributed by atoms with van der Waals surface area (Å²) >= 11 is 0. The topological polar surface area (TPSA) is 222 Å². The summed E-state index contributed by atoms with van der Waals surface area (Å²) in [6, 6.07) is 6.74. The molecule has 0 unspecified atom stereocenters. The Kier molecular flexibility index (Phi) is 19.9. The molecule has 8 rings (SSSR count). The predicted molar refractivity (Wildman–Crippen MR) is 293 cm³/mol. The minimum Gasteiger partial charge on any atom is -0.458 e. The third kappa shape index (κ3) is 14.0. The third-order valence-electron chi connectivity index (χ3n) is 17.3. The number of pyridine rings is 2. The number of methoxy groups -OCH3 is 1. The van der Waals surface area contributed by atoms with Gasteiger partial charge in [-0.15, -0.1) is 5.10 Å². The number of hydrogen-bond acceptors (Lipinski definition) is 18. The van der Waals surface area contributed by atoms with Crippen LogP contribution in [0, 0.1) is 23.7 Å². The first-order chi connectivity index (χ1) is 37.8. The number of unbranched alkanes of at least 4 members (excludes halogenated alkanes) is 1. The molecule has 79 heavy (non-hydrogen) atoms. The molecule has 8 heterocycles. The number of rotatable bonds is 19. The van der Waals surface area contributed by atoms with Crippen molar-refractivity contribution < 1.29 is 48.0 Å². The Hall–Kier alpha value is -5.55. The average Bonchev–Trinajstić information content (AvgIpc) is 4.40. The molecule has 0 aromatic carbocycles. The summed E-state index contributed by atoms with van der Waals surface area (Å²) < 4.78 is 35.9. The highest BCUT2D eigenvalue weighted by Gasteiger charge is 2.60. The van der Waals surface area contributed by atoms with Gasteiger partial charge < -0.3 is 43.2 Å². The summed E-state index contributed by atoms with van der Waals surface area (Å²) in [7, 11) is 3.46.